The molecule has 8 heteroatoms. The van der Waals surface area contributed by atoms with Gasteiger partial charge in [0.15, 0.2) is 5.78 Å². The Morgan fingerprint density at radius 1 is 1.37 bits per heavy atom. The quantitative estimate of drug-likeness (QED) is 0.711. The van der Waals surface area contributed by atoms with Gasteiger partial charge in [-0.1, -0.05) is 23.7 Å². The van der Waals surface area contributed by atoms with Crippen LogP contribution in [-0.2, 0) is 19.8 Å². The number of aryl methyl sites for hydroxylation is 2. The van der Waals surface area contributed by atoms with Gasteiger partial charge in [-0.15, -0.1) is 0 Å². The zero-order valence-corrected chi connectivity index (χ0v) is 15.9. The van der Waals surface area contributed by atoms with Crippen molar-refractivity contribution in [3.63, 3.8) is 0 Å². The molecule has 0 unspecified atom stereocenters. The Balaban J connectivity index is 1.73. The van der Waals surface area contributed by atoms with Gasteiger partial charge in [-0.2, -0.15) is 18.3 Å². The molecule has 1 fully saturated rings. The standard InChI is InChI=1S/C19H21ClF3N3O/c1-12-16(18(20)25(2)24-12)11-26-8-4-6-14(10-26)17(27)13-5-3-7-15(9-13)19(21,22)23/h3,5,7,9,14H,4,6,8,10-11H2,1-2H3/t14-/m1/s1. The Morgan fingerprint density at radius 2 is 2.11 bits per heavy atom. The highest BCUT2D eigenvalue weighted by Crippen LogP contribution is 2.31. The van der Waals surface area contributed by atoms with E-state index in [9.17, 15) is 18.0 Å². The number of rotatable bonds is 4. The van der Waals surface area contributed by atoms with E-state index in [0.29, 0.717) is 24.7 Å². The highest BCUT2D eigenvalue weighted by molar-refractivity contribution is 6.30. The van der Waals surface area contributed by atoms with Crippen LogP contribution in [0, 0.1) is 12.8 Å². The Morgan fingerprint density at radius 3 is 2.74 bits per heavy atom. The van der Waals surface area contributed by atoms with Crippen LogP contribution in [0.1, 0.15) is 40.0 Å². The molecule has 3 rings (SSSR count). The number of piperidine rings is 1. The number of hydrogen-bond acceptors (Lipinski definition) is 3. The third-order valence-corrected chi connectivity index (χ3v) is 5.48. The van der Waals surface area contributed by atoms with Gasteiger partial charge in [0, 0.05) is 37.2 Å². The van der Waals surface area contributed by atoms with Crippen LogP contribution in [0.15, 0.2) is 24.3 Å². The predicted molar refractivity (Wildman–Crippen MR) is 96.7 cm³/mol. The Bertz CT molecular complexity index is 847. The molecule has 0 spiro atoms. The van der Waals surface area contributed by atoms with Gasteiger partial charge in [-0.05, 0) is 38.4 Å². The van der Waals surface area contributed by atoms with Crippen LogP contribution >= 0.6 is 11.6 Å². The Hall–Kier alpha value is -1.86. The zero-order chi connectivity index (χ0) is 19.8. The van der Waals surface area contributed by atoms with E-state index in [1.165, 1.54) is 12.1 Å². The van der Waals surface area contributed by atoms with Gasteiger partial charge in [0.05, 0.1) is 11.3 Å². The van der Waals surface area contributed by atoms with Gasteiger partial charge in [0.25, 0.3) is 0 Å². The average molecular weight is 400 g/mol. The summed E-state index contributed by atoms with van der Waals surface area (Å²) in [5.74, 6) is -0.558. The van der Waals surface area contributed by atoms with Gasteiger partial charge in [0.2, 0.25) is 0 Å². The van der Waals surface area contributed by atoms with E-state index in [2.05, 4.69) is 10.00 Å². The summed E-state index contributed by atoms with van der Waals surface area (Å²) < 4.78 is 40.4. The number of carbonyl (C=O) groups excluding carboxylic acids is 1. The molecular formula is C19H21ClF3N3O. The lowest BCUT2D eigenvalue weighted by molar-refractivity contribution is -0.137. The molecule has 1 atom stereocenters. The highest BCUT2D eigenvalue weighted by Gasteiger charge is 2.32. The van der Waals surface area contributed by atoms with Crippen molar-refractivity contribution < 1.29 is 18.0 Å². The van der Waals surface area contributed by atoms with Crippen molar-refractivity contribution in [3.05, 3.63) is 51.8 Å². The molecule has 0 saturated carbocycles. The van der Waals surface area contributed by atoms with Gasteiger partial charge in [-0.3, -0.25) is 14.4 Å². The van der Waals surface area contributed by atoms with Crippen molar-refractivity contribution in [2.24, 2.45) is 13.0 Å². The number of ketones is 1. The molecule has 0 bridgehead atoms. The molecule has 1 aliphatic rings. The van der Waals surface area contributed by atoms with Gasteiger partial charge < -0.3 is 0 Å². The normalized spacial score (nSPS) is 18.7. The molecule has 0 amide bonds. The lowest BCUT2D eigenvalue weighted by atomic mass is 9.89. The molecule has 0 N–H and O–H groups in total. The van der Waals surface area contributed by atoms with Crippen molar-refractivity contribution in [1.82, 2.24) is 14.7 Å². The van der Waals surface area contributed by atoms with Crippen molar-refractivity contribution in [2.45, 2.75) is 32.5 Å². The fourth-order valence-electron chi connectivity index (χ4n) is 3.57. The number of nitrogens with zero attached hydrogens (tertiary/aromatic N) is 3. The van der Waals surface area contributed by atoms with Crippen LogP contribution < -0.4 is 0 Å². The van der Waals surface area contributed by atoms with Gasteiger partial charge in [0.1, 0.15) is 5.15 Å². The summed E-state index contributed by atoms with van der Waals surface area (Å²) in [4.78, 5) is 14.9. The van der Waals surface area contributed by atoms with Crippen LogP contribution in [-0.4, -0.2) is 33.6 Å². The molecule has 2 aromatic rings. The van der Waals surface area contributed by atoms with Crippen molar-refractivity contribution in [3.8, 4) is 0 Å². The summed E-state index contributed by atoms with van der Waals surface area (Å²) in [7, 11) is 1.77. The summed E-state index contributed by atoms with van der Waals surface area (Å²) in [5, 5.41) is 4.86. The zero-order valence-electron chi connectivity index (χ0n) is 15.2. The Labute approximate surface area is 160 Å². The molecule has 2 heterocycles. The van der Waals surface area contributed by atoms with E-state index in [-0.39, 0.29) is 17.3 Å². The molecule has 1 aliphatic heterocycles. The summed E-state index contributed by atoms with van der Waals surface area (Å²) in [6.45, 7) is 3.78. The van der Waals surface area contributed by atoms with Crippen LogP contribution in [0.4, 0.5) is 13.2 Å². The lowest BCUT2D eigenvalue weighted by Gasteiger charge is -2.32. The number of alkyl halides is 3. The monoisotopic (exact) mass is 399 g/mol. The number of aromatic nitrogens is 2. The molecule has 1 aromatic carbocycles. The van der Waals surface area contributed by atoms with Gasteiger partial charge in [-0.25, -0.2) is 0 Å². The smallest absolute Gasteiger partial charge is 0.298 e. The number of hydrogen-bond donors (Lipinski definition) is 0. The SMILES string of the molecule is Cc1nn(C)c(Cl)c1CN1CCC[C@@H](C(=O)c2cccc(C(F)(F)F)c2)C1. The first-order chi connectivity index (χ1) is 12.7. The lowest BCUT2D eigenvalue weighted by Crippen LogP contribution is -2.38. The third-order valence-electron chi connectivity index (χ3n) is 5.00. The first-order valence-corrected chi connectivity index (χ1v) is 9.16. The molecule has 146 valence electrons. The maximum Gasteiger partial charge on any atom is 0.416 e. The average Bonchev–Trinajstić information content (AvgIpc) is 2.87. The second kappa shape index (κ2) is 7.64. The minimum absolute atomic E-state index is 0.118. The van der Waals surface area contributed by atoms with E-state index in [1.54, 1.807) is 11.7 Å². The Kier molecular flexibility index (Phi) is 5.63. The van der Waals surface area contributed by atoms with Crippen LogP contribution in [0.25, 0.3) is 0 Å². The minimum Gasteiger partial charge on any atom is -0.298 e. The fourth-order valence-corrected chi connectivity index (χ4v) is 3.81. The molecule has 27 heavy (non-hydrogen) atoms. The summed E-state index contributed by atoms with van der Waals surface area (Å²) in [5.41, 5.74) is 1.09. The van der Waals surface area contributed by atoms with Gasteiger partial charge >= 0.3 is 6.18 Å². The maximum absolute atomic E-state index is 12.9. The van der Waals surface area contributed by atoms with Crippen molar-refractivity contribution >= 4 is 17.4 Å². The molecule has 0 aliphatic carbocycles. The highest BCUT2D eigenvalue weighted by atomic mass is 35.5. The number of likely N-dealkylation sites (tertiary alicyclic amines) is 1. The molecule has 1 saturated heterocycles. The predicted octanol–water partition coefficient (Wildman–Crippen LogP) is 4.50. The molecule has 0 radical (unpaired) electrons. The second-order valence-corrected chi connectivity index (χ2v) is 7.35. The van der Waals surface area contributed by atoms with Crippen molar-refractivity contribution in [2.75, 3.05) is 13.1 Å². The molecule has 4 nitrogen and oxygen atoms in total. The number of halogens is 4. The van der Waals surface area contributed by atoms with E-state index >= 15 is 0 Å². The van der Waals surface area contributed by atoms with E-state index in [1.807, 2.05) is 6.92 Å². The maximum atomic E-state index is 12.9. The van der Waals surface area contributed by atoms with E-state index in [4.69, 9.17) is 11.6 Å². The topological polar surface area (TPSA) is 38.1 Å². The first-order valence-electron chi connectivity index (χ1n) is 8.78. The summed E-state index contributed by atoms with van der Waals surface area (Å²) in [6.07, 6.45) is -2.97. The largest absolute Gasteiger partial charge is 0.416 e. The molecular weight excluding hydrogens is 379 g/mol. The van der Waals surface area contributed by atoms with E-state index < -0.39 is 11.7 Å². The molecule has 1 aromatic heterocycles. The van der Waals surface area contributed by atoms with Crippen LogP contribution in [0.5, 0.6) is 0 Å². The number of benzene rings is 1. The minimum atomic E-state index is -4.45. The van der Waals surface area contributed by atoms with Crippen LogP contribution in [0.2, 0.25) is 5.15 Å². The second-order valence-electron chi connectivity index (χ2n) is 7.00. The van der Waals surface area contributed by atoms with Crippen LogP contribution in [0.3, 0.4) is 0 Å². The van der Waals surface area contributed by atoms with E-state index in [0.717, 1.165) is 36.4 Å². The third kappa shape index (κ3) is 4.35. The summed E-state index contributed by atoms with van der Waals surface area (Å²) >= 11 is 6.29. The number of Topliss-reactive ketones (excluding diaryl/α,β-unsaturated/α-hetero) is 1. The summed E-state index contributed by atoms with van der Waals surface area (Å²) in [6, 6.07) is 4.68. The number of carbonyl (C=O) groups is 1. The van der Waals surface area contributed by atoms with Crippen molar-refractivity contribution in [1.29, 1.82) is 0 Å². The first kappa shape index (κ1) is 19.9. The fraction of sp³-hybridized carbons (Fsp3) is 0.474.